The quantitative estimate of drug-likeness (QED) is 0.363. The summed E-state index contributed by atoms with van der Waals surface area (Å²) in [4.78, 5) is 26.1. The fraction of sp³-hybridized carbons (Fsp3) is 0.500. The van der Waals surface area contributed by atoms with Crippen molar-refractivity contribution in [2.75, 3.05) is 11.6 Å². The van der Waals surface area contributed by atoms with Gasteiger partial charge in [-0.05, 0) is 70.2 Å². The molecule has 1 aliphatic heterocycles. The van der Waals surface area contributed by atoms with Crippen LogP contribution >= 0.6 is 0 Å². The summed E-state index contributed by atoms with van der Waals surface area (Å²) in [7, 11) is -3.18. The first-order valence-electron chi connectivity index (χ1n) is 13.0. The highest BCUT2D eigenvalue weighted by molar-refractivity contribution is 7.91. The molecule has 3 aromatic rings. The maximum absolute atomic E-state index is 12.3. The fourth-order valence-corrected chi connectivity index (χ4v) is 5.19. The van der Waals surface area contributed by atoms with Gasteiger partial charge in [-0.2, -0.15) is 0 Å². The summed E-state index contributed by atoms with van der Waals surface area (Å²) in [6, 6.07) is 5.30. The lowest BCUT2D eigenvalue weighted by Gasteiger charge is -2.30. The molecule has 10 nitrogen and oxygen atoms in total. The van der Waals surface area contributed by atoms with Crippen molar-refractivity contribution < 1.29 is 22.7 Å². The Bertz CT molecular complexity index is 1520. The Balaban J connectivity index is 1.70. The molecule has 0 saturated carbocycles. The van der Waals surface area contributed by atoms with Gasteiger partial charge >= 0.3 is 5.97 Å². The van der Waals surface area contributed by atoms with E-state index in [0.29, 0.717) is 53.4 Å². The highest BCUT2D eigenvalue weighted by atomic mass is 32.2. The lowest BCUT2D eigenvalue weighted by atomic mass is 9.88. The van der Waals surface area contributed by atoms with E-state index in [4.69, 9.17) is 15.2 Å². The minimum absolute atomic E-state index is 0.328. The lowest BCUT2D eigenvalue weighted by molar-refractivity contribution is -0.00714. The molecule has 4 heterocycles. The van der Waals surface area contributed by atoms with Gasteiger partial charge in [0.1, 0.15) is 27.1 Å². The molecule has 1 unspecified atom stereocenters. The Labute approximate surface area is 229 Å². The van der Waals surface area contributed by atoms with E-state index < -0.39 is 26.2 Å². The van der Waals surface area contributed by atoms with Crippen molar-refractivity contribution in [1.82, 2.24) is 15.0 Å². The number of cyclic esters (lactones) is 1. The van der Waals surface area contributed by atoms with Gasteiger partial charge in [-0.25, -0.2) is 28.2 Å². The summed E-state index contributed by atoms with van der Waals surface area (Å²) in [5.74, 6) is 1.07. The zero-order valence-electron chi connectivity index (χ0n) is 23.5. The maximum atomic E-state index is 12.3. The first kappa shape index (κ1) is 28.7. The number of esters is 1. The average Bonchev–Trinajstić information content (AvgIpc) is 2.82. The second kappa shape index (κ2) is 10.3. The van der Waals surface area contributed by atoms with Crippen molar-refractivity contribution in [1.29, 1.82) is 0 Å². The molecule has 0 bridgehead atoms. The van der Waals surface area contributed by atoms with Gasteiger partial charge < -0.3 is 20.5 Å². The Morgan fingerprint density at radius 1 is 1.18 bits per heavy atom. The van der Waals surface area contributed by atoms with E-state index in [0.717, 1.165) is 10.9 Å². The summed E-state index contributed by atoms with van der Waals surface area (Å²) in [5, 5.41) is 4.19. The van der Waals surface area contributed by atoms with Crippen LogP contribution < -0.4 is 15.8 Å². The van der Waals surface area contributed by atoms with Gasteiger partial charge in [0, 0.05) is 37.0 Å². The number of carbonyl (C=O) groups is 1. The highest BCUT2D eigenvalue weighted by Crippen LogP contribution is 2.35. The van der Waals surface area contributed by atoms with Crippen molar-refractivity contribution in [3.63, 3.8) is 0 Å². The molecule has 39 heavy (non-hydrogen) atoms. The summed E-state index contributed by atoms with van der Waals surface area (Å²) < 4.78 is 35.4. The molecule has 0 radical (unpaired) electrons. The van der Waals surface area contributed by atoms with Gasteiger partial charge in [-0.15, -0.1) is 0 Å². The molecular weight excluding hydrogens is 518 g/mol. The van der Waals surface area contributed by atoms with Crippen molar-refractivity contribution in [2.45, 2.75) is 83.3 Å². The SMILES string of the molecule is CCC(C)(N)c1cnc(O[C@H](C)C[C@@H](C)S(C)(=O)=O)c2cnc(Nc3ccc4c(n3)CC(C)(C)OC4=O)cc12. The van der Waals surface area contributed by atoms with Crippen LogP contribution in [0.15, 0.2) is 30.6 Å². The summed E-state index contributed by atoms with van der Waals surface area (Å²) in [5.41, 5.74) is 7.31. The third-order valence-corrected chi connectivity index (χ3v) is 8.86. The molecule has 0 spiro atoms. The van der Waals surface area contributed by atoms with Crippen LogP contribution in [0.2, 0.25) is 0 Å². The molecular formula is C28H37N5O5S. The third-order valence-electron chi connectivity index (χ3n) is 7.21. The van der Waals surface area contributed by atoms with E-state index in [9.17, 15) is 13.2 Å². The van der Waals surface area contributed by atoms with Crippen LogP contribution in [0.5, 0.6) is 5.88 Å². The average molecular weight is 556 g/mol. The normalized spacial score (nSPS) is 18.0. The van der Waals surface area contributed by atoms with Gasteiger partial charge in [-0.3, -0.25) is 0 Å². The molecule has 1 aliphatic rings. The van der Waals surface area contributed by atoms with Crippen molar-refractivity contribution in [2.24, 2.45) is 5.73 Å². The zero-order chi connectivity index (χ0) is 28.8. The van der Waals surface area contributed by atoms with Gasteiger partial charge in [0.2, 0.25) is 5.88 Å². The van der Waals surface area contributed by atoms with E-state index in [-0.39, 0.29) is 12.1 Å². The predicted octanol–water partition coefficient (Wildman–Crippen LogP) is 4.43. The second-order valence-electron chi connectivity index (χ2n) is 11.3. The second-order valence-corrected chi connectivity index (χ2v) is 13.8. The number of hydrogen-bond acceptors (Lipinski definition) is 10. The molecule has 0 aliphatic carbocycles. The van der Waals surface area contributed by atoms with Crippen molar-refractivity contribution >= 4 is 38.2 Å². The van der Waals surface area contributed by atoms with Crippen LogP contribution in [0.4, 0.5) is 11.6 Å². The van der Waals surface area contributed by atoms with Gasteiger partial charge in [0.05, 0.1) is 28.0 Å². The molecule has 0 aromatic carbocycles. The van der Waals surface area contributed by atoms with Crippen LogP contribution in [-0.4, -0.2) is 52.5 Å². The Morgan fingerprint density at radius 2 is 1.90 bits per heavy atom. The summed E-state index contributed by atoms with van der Waals surface area (Å²) in [6.45, 7) is 11.2. The number of anilines is 2. The van der Waals surface area contributed by atoms with E-state index in [1.807, 2.05) is 40.7 Å². The Hall–Kier alpha value is -3.31. The summed E-state index contributed by atoms with van der Waals surface area (Å²) in [6.07, 6.45) is 5.72. The van der Waals surface area contributed by atoms with E-state index in [2.05, 4.69) is 20.3 Å². The number of nitrogens with zero attached hydrogens (tertiary/aromatic N) is 3. The summed E-state index contributed by atoms with van der Waals surface area (Å²) >= 11 is 0. The van der Waals surface area contributed by atoms with Crippen molar-refractivity contribution in [3.8, 4) is 5.88 Å². The van der Waals surface area contributed by atoms with Gasteiger partial charge in [0.25, 0.3) is 0 Å². The highest BCUT2D eigenvalue weighted by Gasteiger charge is 2.33. The minimum atomic E-state index is -3.18. The Kier molecular flexibility index (Phi) is 7.61. The largest absolute Gasteiger partial charge is 0.474 e. The molecule has 210 valence electrons. The van der Waals surface area contributed by atoms with Crippen molar-refractivity contribution in [3.05, 3.63) is 47.4 Å². The smallest absolute Gasteiger partial charge is 0.340 e. The van der Waals surface area contributed by atoms with Crippen LogP contribution in [0.1, 0.15) is 76.0 Å². The third kappa shape index (κ3) is 6.30. The van der Waals surface area contributed by atoms with E-state index >= 15 is 0 Å². The first-order chi connectivity index (χ1) is 18.1. The fourth-order valence-electron chi connectivity index (χ4n) is 4.57. The topological polar surface area (TPSA) is 146 Å². The standard InChI is InChI=1S/C28H37N5O5S/c1-8-28(6,29)21-15-31-25(37-16(2)11-17(3)39(7,35)36)20-14-30-24(12-19(20)21)33-23-10-9-18-22(32-23)13-27(4,5)38-26(18)34/h9-10,12,14-17H,8,11,13,29H2,1-7H3,(H,30,32,33)/t16-,17-,28?/m1/s1. The Morgan fingerprint density at radius 3 is 2.56 bits per heavy atom. The number of aromatic nitrogens is 3. The number of carbonyl (C=O) groups excluding carboxylic acids is 1. The molecule has 3 N–H and O–H groups in total. The molecule has 3 atom stereocenters. The number of nitrogens with two attached hydrogens (primary N) is 1. The number of fused-ring (bicyclic) bond motifs is 2. The lowest BCUT2D eigenvalue weighted by Crippen LogP contribution is -2.36. The molecule has 0 amide bonds. The first-order valence-corrected chi connectivity index (χ1v) is 15.0. The molecule has 3 aromatic heterocycles. The maximum Gasteiger partial charge on any atom is 0.340 e. The number of nitrogens with one attached hydrogen (secondary N) is 1. The molecule has 11 heteroatoms. The number of sulfone groups is 1. The van der Waals surface area contributed by atoms with Crippen LogP contribution in [0, 0.1) is 0 Å². The molecule has 0 fully saturated rings. The van der Waals surface area contributed by atoms with Crippen LogP contribution in [0.25, 0.3) is 10.8 Å². The van der Waals surface area contributed by atoms with Crippen LogP contribution in [-0.2, 0) is 26.5 Å². The van der Waals surface area contributed by atoms with Gasteiger partial charge in [-0.1, -0.05) is 6.92 Å². The zero-order valence-corrected chi connectivity index (χ0v) is 24.3. The van der Waals surface area contributed by atoms with E-state index in [1.54, 1.807) is 31.5 Å². The van der Waals surface area contributed by atoms with E-state index in [1.165, 1.54) is 6.26 Å². The molecule has 0 saturated heterocycles. The number of ether oxygens (including phenoxy) is 2. The number of pyridine rings is 3. The number of rotatable bonds is 9. The minimum Gasteiger partial charge on any atom is -0.474 e. The van der Waals surface area contributed by atoms with Gasteiger partial charge in [0.15, 0.2) is 0 Å². The monoisotopic (exact) mass is 555 g/mol. The molecule has 4 rings (SSSR count). The van der Waals surface area contributed by atoms with Crippen LogP contribution in [0.3, 0.4) is 0 Å². The number of hydrogen-bond donors (Lipinski definition) is 2. The predicted molar refractivity (Wildman–Crippen MR) is 151 cm³/mol.